The van der Waals surface area contributed by atoms with Gasteiger partial charge in [-0.1, -0.05) is 6.07 Å². The number of hydrogen-bond acceptors (Lipinski definition) is 3. The first-order valence-electron chi connectivity index (χ1n) is 5.31. The van der Waals surface area contributed by atoms with Crippen molar-refractivity contribution in [3.63, 3.8) is 0 Å². The summed E-state index contributed by atoms with van der Waals surface area (Å²) in [6.07, 6.45) is -2.41. The van der Waals surface area contributed by atoms with Gasteiger partial charge in [-0.25, -0.2) is 13.6 Å². The first-order chi connectivity index (χ1) is 8.43. The molecule has 0 amide bonds. The van der Waals surface area contributed by atoms with Crippen LogP contribution in [0.4, 0.5) is 8.78 Å². The zero-order valence-corrected chi connectivity index (χ0v) is 10.2. The van der Waals surface area contributed by atoms with E-state index in [0.717, 1.165) is 0 Å². The van der Waals surface area contributed by atoms with E-state index in [1.807, 2.05) is 0 Å². The molecule has 100 valence electrons. The summed E-state index contributed by atoms with van der Waals surface area (Å²) < 4.78 is 29.2. The highest BCUT2D eigenvalue weighted by Crippen LogP contribution is 2.20. The number of ether oxygens (including phenoxy) is 1. The monoisotopic (exact) mass is 259 g/mol. The lowest BCUT2D eigenvalue weighted by Crippen LogP contribution is -2.24. The van der Waals surface area contributed by atoms with Crippen LogP contribution in [0.1, 0.15) is 15.9 Å². The van der Waals surface area contributed by atoms with E-state index in [1.165, 1.54) is 24.1 Å². The van der Waals surface area contributed by atoms with E-state index in [1.54, 1.807) is 13.1 Å². The molecule has 0 saturated heterocycles. The number of carboxylic acids is 1. The van der Waals surface area contributed by atoms with Crippen LogP contribution in [0.5, 0.6) is 5.75 Å². The van der Waals surface area contributed by atoms with E-state index in [9.17, 15) is 13.6 Å². The van der Waals surface area contributed by atoms with E-state index in [0.29, 0.717) is 5.56 Å². The number of carboxylic acid groups (broad SMARTS) is 1. The van der Waals surface area contributed by atoms with Gasteiger partial charge in [0.15, 0.2) is 0 Å². The SMILES string of the molecule is COc1ccc(CN(C)CC(F)F)cc1C(=O)O. The molecule has 1 rings (SSSR count). The maximum atomic E-state index is 12.2. The molecule has 0 radical (unpaired) electrons. The molecule has 6 heteroatoms. The molecule has 1 aromatic carbocycles. The minimum Gasteiger partial charge on any atom is -0.496 e. The summed E-state index contributed by atoms with van der Waals surface area (Å²) in [6, 6.07) is 4.62. The summed E-state index contributed by atoms with van der Waals surface area (Å²) >= 11 is 0. The minimum absolute atomic E-state index is 0.0282. The Balaban J connectivity index is 2.85. The predicted molar refractivity (Wildman–Crippen MR) is 62.3 cm³/mol. The second-order valence-electron chi connectivity index (χ2n) is 3.93. The number of nitrogens with zero attached hydrogens (tertiary/aromatic N) is 1. The summed E-state index contributed by atoms with van der Waals surface area (Å²) in [5, 5.41) is 8.99. The van der Waals surface area contributed by atoms with Crippen molar-refractivity contribution in [2.45, 2.75) is 13.0 Å². The molecule has 0 fully saturated rings. The quantitative estimate of drug-likeness (QED) is 0.849. The number of benzene rings is 1. The molecule has 4 nitrogen and oxygen atoms in total. The summed E-state index contributed by atoms with van der Waals surface area (Å²) in [7, 11) is 2.93. The zero-order chi connectivity index (χ0) is 13.7. The van der Waals surface area contributed by atoms with Crippen molar-refractivity contribution in [1.29, 1.82) is 0 Å². The van der Waals surface area contributed by atoms with E-state index in [2.05, 4.69) is 0 Å². The van der Waals surface area contributed by atoms with Crippen LogP contribution in [-0.4, -0.2) is 43.1 Å². The summed E-state index contributed by atoms with van der Waals surface area (Å²) in [4.78, 5) is 12.4. The third kappa shape index (κ3) is 3.96. The van der Waals surface area contributed by atoms with Gasteiger partial charge in [-0.05, 0) is 24.7 Å². The van der Waals surface area contributed by atoms with Crippen LogP contribution >= 0.6 is 0 Å². The van der Waals surface area contributed by atoms with E-state index in [-0.39, 0.29) is 24.4 Å². The number of halogens is 2. The molecule has 0 aliphatic carbocycles. The van der Waals surface area contributed by atoms with Gasteiger partial charge in [-0.3, -0.25) is 4.90 Å². The van der Waals surface area contributed by atoms with Crippen molar-refractivity contribution in [3.05, 3.63) is 29.3 Å². The van der Waals surface area contributed by atoms with Crippen molar-refractivity contribution in [2.24, 2.45) is 0 Å². The highest BCUT2D eigenvalue weighted by atomic mass is 19.3. The average Bonchev–Trinajstić information content (AvgIpc) is 2.27. The molecular formula is C12H15F2NO3. The lowest BCUT2D eigenvalue weighted by molar-refractivity contribution is 0.0692. The van der Waals surface area contributed by atoms with Crippen LogP contribution in [0.3, 0.4) is 0 Å². The Kier molecular flexibility index (Phi) is 5.03. The molecule has 18 heavy (non-hydrogen) atoms. The molecule has 0 atom stereocenters. The number of carbonyl (C=O) groups is 1. The van der Waals surface area contributed by atoms with Crippen molar-refractivity contribution in [1.82, 2.24) is 4.90 Å². The van der Waals surface area contributed by atoms with Crippen molar-refractivity contribution in [3.8, 4) is 5.75 Å². The number of rotatable bonds is 6. The molecule has 0 aromatic heterocycles. The van der Waals surface area contributed by atoms with Gasteiger partial charge in [0.25, 0.3) is 6.43 Å². The first kappa shape index (κ1) is 14.4. The maximum Gasteiger partial charge on any atom is 0.339 e. The van der Waals surface area contributed by atoms with Crippen LogP contribution in [0.15, 0.2) is 18.2 Å². The molecule has 0 heterocycles. The van der Waals surface area contributed by atoms with Gasteiger partial charge in [0.2, 0.25) is 0 Å². The molecule has 0 unspecified atom stereocenters. The highest BCUT2D eigenvalue weighted by Gasteiger charge is 2.13. The van der Waals surface area contributed by atoms with Crippen molar-refractivity contribution in [2.75, 3.05) is 20.7 Å². The summed E-state index contributed by atoms with van der Waals surface area (Å²) in [5.74, 6) is -0.854. The van der Waals surface area contributed by atoms with Gasteiger partial charge < -0.3 is 9.84 Å². The number of alkyl halides is 2. The van der Waals surface area contributed by atoms with E-state index < -0.39 is 12.4 Å². The molecule has 0 spiro atoms. The van der Waals surface area contributed by atoms with Gasteiger partial charge in [0.1, 0.15) is 11.3 Å². The number of hydrogen-bond donors (Lipinski definition) is 1. The largest absolute Gasteiger partial charge is 0.496 e. The fraction of sp³-hybridized carbons (Fsp3) is 0.417. The normalized spacial score (nSPS) is 11.0. The van der Waals surface area contributed by atoms with Gasteiger partial charge in [-0.15, -0.1) is 0 Å². The van der Waals surface area contributed by atoms with E-state index in [4.69, 9.17) is 9.84 Å². The second kappa shape index (κ2) is 6.30. The molecule has 0 aliphatic rings. The third-order valence-electron chi connectivity index (χ3n) is 2.40. The Morgan fingerprint density at radius 1 is 1.50 bits per heavy atom. The van der Waals surface area contributed by atoms with Crippen LogP contribution in [0, 0.1) is 0 Å². The van der Waals surface area contributed by atoms with Crippen LogP contribution < -0.4 is 4.74 Å². The Morgan fingerprint density at radius 3 is 2.67 bits per heavy atom. The number of methoxy groups -OCH3 is 1. The van der Waals surface area contributed by atoms with E-state index >= 15 is 0 Å². The Hall–Kier alpha value is -1.69. The Bertz CT molecular complexity index is 424. The standard InChI is InChI=1S/C12H15F2NO3/c1-15(7-11(13)14)6-8-3-4-10(18-2)9(5-8)12(16)17/h3-5,11H,6-7H2,1-2H3,(H,16,17). The molecule has 0 aliphatic heterocycles. The molecule has 1 aromatic rings. The molecule has 0 bridgehead atoms. The average molecular weight is 259 g/mol. The lowest BCUT2D eigenvalue weighted by atomic mass is 10.1. The lowest BCUT2D eigenvalue weighted by Gasteiger charge is -2.16. The van der Waals surface area contributed by atoms with Crippen molar-refractivity contribution >= 4 is 5.97 Å². The fourth-order valence-corrected chi connectivity index (χ4v) is 1.63. The topological polar surface area (TPSA) is 49.8 Å². The molecular weight excluding hydrogens is 244 g/mol. The summed E-state index contributed by atoms with van der Waals surface area (Å²) in [6.45, 7) is -0.0942. The first-order valence-corrected chi connectivity index (χ1v) is 5.31. The smallest absolute Gasteiger partial charge is 0.339 e. The van der Waals surface area contributed by atoms with Crippen LogP contribution in [0.25, 0.3) is 0 Å². The zero-order valence-electron chi connectivity index (χ0n) is 10.2. The minimum atomic E-state index is -2.41. The molecule has 1 N–H and O–H groups in total. The second-order valence-corrected chi connectivity index (χ2v) is 3.93. The maximum absolute atomic E-state index is 12.2. The van der Waals surface area contributed by atoms with Gasteiger partial charge in [0.05, 0.1) is 13.7 Å². The Morgan fingerprint density at radius 2 is 2.17 bits per heavy atom. The highest BCUT2D eigenvalue weighted by molar-refractivity contribution is 5.91. The van der Waals surface area contributed by atoms with Crippen LogP contribution in [0.2, 0.25) is 0 Å². The van der Waals surface area contributed by atoms with Gasteiger partial charge in [-0.2, -0.15) is 0 Å². The molecule has 0 saturated carbocycles. The van der Waals surface area contributed by atoms with Gasteiger partial charge in [0, 0.05) is 6.54 Å². The van der Waals surface area contributed by atoms with Gasteiger partial charge >= 0.3 is 5.97 Å². The summed E-state index contributed by atoms with van der Waals surface area (Å²) in [5.41, 5.74) is 0.678. The number of aromatic carboxylic acids is 1. The van der Waals surface area contributed by atoms with Crippen molar-refractivity contribution < 1.29 is 23.4 Å². The predicted octanol–water partition coefficient (Wildman–Crippen LogP) is 2.09. The Labute approximate surface area is 104 Å². The van der Waals surface area contributed by atoms with Crippen LogP contribution in [-0.2, 0) is 6.54 Å². The fourth-order valence-electron chi connectivity index (χ4n) is 1.63. The third-order valence-corrected chi connectivity index (χ3v) is 2.40.